The number of halogens is 1. The molecular weight excluding hydrogens is 465 g/mol. The number of benzene rings is 1. The van der Waals surface area contributed by atoms with E-state index in [1.807, 2.05) is 57.5 Å². The van der Waals surface area contributed by atoms with Crippen LogP contribution in [0, 0.1) is 0 Å². The number of rotatable bonds is 7. The largest absolute Gasteiger partial charge is 0.353 e. The van der Waals surface area contributed by atoms with Gasteiger partial charge in [0, 0.05) is 51.2 Å². The van der Waals surface area contributed by atoms with Crippen molar-refractivity contribution in [3.05, 3.63) is 59.4 Å². The number of carbonyl (C=O) groups excluding carboxylic acids is 1. The first-order valence-corrected chi connectivity index (χ1v) is 9.36. The van der Waals surface area contributed by atoms with Crippen molar-refractivity contribution in [1.82, 2.24) is 20.1 Å². The maximum Gasteiger partial charge on any atom is 0.251 e. The molecule has 0 aliphatic rings. The molecule has 0 saturated heterocycles. The molecule has 7 heteroatoms. The van der Waals surface area contributed by atoms with Crippen molar-refractivity contribution in [3.8, 4) is 0 Å². The highest BCUT2D eigenvalue weighted by molar-refractivity contribution is 14.0. The summed E-state index contributed by atoms with van der Waals surface area (Å²) in [4.78, 5) is 18.8. The van der Waals surface area contributed by atoms with Crippen LogP contribution in [-0.2, 0) is 20.1 Å². The molecule has 28 heavy (non-hydrogen) atoms. The second kappa shape index (κ2) is 11.7. The van der Waals surface area contributed by atoms with Crippen LogP contribution in [0.4, 0.5) is 0 Å². The third kappa shape index (κ3) is 6.85. The van der Waals surface area contributed by atoms with Gasteiger partial charge in [0.2, 0.25) is 0 Å². The lowest BCUT2D eigenvalue weighted by molar-refractivity contribution is 0.0939. The van der Waals surface area contributed by atoms with E-state index in [0.717, 1.165) is 24.5 Å². The zero-order valence-electron chi connectivity index (χ0n) is 17.4. The van der Waals surface area contributed by atoms with Gasteiger partial charge in [-0.3, -0.25) is 9.79 Å². The van der Waals surface area contributed by atoms with Crippen LogP contribution in [0.25, 0.3) is 0 Å². The van der Waals surface area contributed by atoms with Gasteiger partial charge in [0.05, 0.1) is 6.54 Å². The summed E-state index contributed by atoms with van der Waals surface area (Å²) in [7, 11) is 5.83. The van der Waals surface area contributed by atoms with Gasteiger partial charge in [-0.1, -0.05) is 19.1 Å². The molecule has 1 heterocycles. The molecule has 1 aromatic heterocycles. The number of aromatic nitrogens is 1. The number of aliphatic imine (C=N–C) groups is 1. The standard InChI is InChI=1S/C21H31N5O.HI/c1-6-16(2)24-20(27)18-10-7-9-17(13-18)14-23-21(22-3)26(5)15-19-11-8-12-25(19)4;/h7-13,16H,6,14-15H2,1-5H3,(H,22,23)(H,24,27);1H. The normalized spacial score (nSPS) is 12.1. The van der Waals surface area contributed by atoms with Crippen molar-refractivity contribution in [2.75, 3.05) is 14.1 Å². The molecule has 2 N–H and O–H groups in total. The smallest absolute Gasteiger partial charge is 0.251 e. The number of hydrogen-bond donors (Lipinski definition) is 2. The highest BCUT2D eigenvalue weighted by Crippen LogP contribution is 2.07. The molecule has 0 bridgehead atoms. The Bertz CT molecular complexity index is 787. The van der Waals surface area contributed by atoms with Crippen molar-refractivity contribution in [2.45, 2.75) is 39.4 Å². The first-order valence-electron chi connectivity index (χ1n) is 9.36. The lowest BCUT2D eigenvalue weighted by Crippen LogP contribution is -2.38. The van der Waals surface area contributed by atoms with E-state index in [1.165, 1.54) is 5.69 Å². The van der Waals surface area contributed by atoms with Crippen LogP contribution in [0.2, 0.25) is 0 Å². The molecule has 0 aliphatic carbocycles. The minimum Gasteiger partial charge on any atom is -0.353 e. The van der Waals surface area contributed by atoms with Crippen molar-refractivity contribution in [1.29, 1.82) is 0 Å². The fraction of sp³-hybridized carbons (Fsp3) is 0.429. The quantitative estimate of drug-likeness (QED) is 0.351. The van der Waals surface area contributed by atoms with E-state index in [-0.39, 0.29) is 35.9 Å². The molecule has 1 aromatic carbocycles. The van der Waals surface area contributed by atoms with E-state index in [0.29, 0.717) is 12.1 Å². The van der Waals surface area contributed by atoms with Crippen molar-refractivity contribution < 1.29 is 4.79 Å². The zero-order chi connectivity index (χ0) is 19.8. The minimum atomic E-state index is -0.0311. The van der Waals surface area contributed by atoms with Crippen LogP contribution in [0.1, 0.15) is 41.9 Å². The maximum atomic E-state index is 12.3. The molecule has 6 nitrogen and oxygen atoms in total. The first-order chi connectivity index (χ1) is 12.9. The van der Waals surface area contributed by atoms with Crippen molar-refractivity contribution >= 4 is 35.8 Å². The average molecular weight is 497 g/mol. The number of hydrogen-bond acceptors (Lipinski definition) is 2. The third-order valence-corrected chi connectivity index (χ3v) is 4.65. The number of nitrogens with one attached hydrogen (secondary N) is 2. The number of nitrogens with zero attached hydrogens (tertiary/aromatic N) is 3. The van der Waals surface area contributed by atoms with E-state index < -0.39 is 0 Å². The van der Waals surface area contributed by atoms with Gasteiger partial charge in [-0.05, 0) is 43.2 Å². The molecule has 1 unspecified atom stereocenters. The Morgan fingerprint density at radius 3 is 2.64 bits per heavy atom. The predicted octanol–water partition coefficient (Wildman–Crippen LogP) is 3.38. The monoisotopic (exact) mass is 497 g/mol. The van der Waals surface area contributed by atoms with E-state index in [4.69, 9.17) is 0 Å². The Kier molecular flexibility index (Phi) is 10.1. The van der Waals surface area contributed by atoms with E-state index in [1.54, 1.807) is 7.05 Å². The molecule has 0 saturated carbocycles. The van der Waals surface area contributed by atoms with Crippen LogP contribution >= 0.6 is 24.0 Å². The summed E-state index contributed by atoms with van der Waals surface area (Å²) in [6.07, 6.45) is 2.95. The second-order valence-electron chi connectivity index (χ2n) is 6.85. The number of amides is 1. The molecule has 0 aliphatic heterocycles. The summed E-state index contributed by atoms with van der Waals surface area (Å²) in [6.45, 7) is 5.44. The Balaban J connectivity index is 0.00000392. The fourth-order valence-electron chi connectivity index (χ4n) is 2.78. The van der Waals surface area contributed by atoms with Gasteiger partial charge in [-0.15, -0.1) is 24.0 Å². The van der Waals surface area contributed by atoms with Gasteiger partial charge in [-0.25, -0.2) is 0 Å². The zero-order valence-corrected chi connectivity index (χ0v) is 19.7. The van der Waals surface area contributed by atoms with Gasteiger partial charge in [0.15, 0.2) is 5.96 Å². The van der Waals surface area contributed by atoms with Crippen LogP contribution < -0.4 is 10.6 Å². The summed E-state index contributed by atoms with van der Waals surface area (Å²) >= 11 is 0. The minimum absolute atomic E-state index is 0. The predicted molar refractivity (Wildman–Crippen MR) is 126 cm³/mol. The van der Waals surface area contributed by atoms with Crippen LogP contribution in [0.15, 0.2) is 47.6 Å². The highest BCUT2D eigenvalue weighted by atomic mass is 127. The average Bonchev–Trinajstić information content (AvgIpc) is 3.06. The summed E-state index contributed by atoms with van der Waals surface area (Å²) < 4.78 is 2.10. The third-order valence-electron chi connectivity index (χ3n) is 4.65. The van der Waals surface area contributed by atoms with Crippen molar-refractivity contribution in [2.24, 2.45) is 12.0 Å². The Morgan fingerprint density at radius 2 is 2.04 bits per heavy atom. The summed E-state index contributed by atoms with van der Waals surface area (Å²) in [5.74, 6) is 0.780. The molecule has 0 radical (unpaired) electrons. The first kappa shape index (κ1) is 24.0. The number of aryl methyl sites for hydroxylation is 1. The second-order valence-corrected chi connectivity index (χ2v) is 6.85. The number of guanidine groups is 1. The van der Waals surface area contributed by atoms with Gasteiger partial charge in [-0.2, -0.15) is 0 Å². The fourth-order valence-corrected chi connectivity index (χ4v) is 2.78. The molecule has 0 fully saturated rings. The van der Waals surface area contributed by atoms with E-state index >= 15 is 0 Å². The van der Waals surface area contributed by atoms with Gasteiger partial charge >= 0.3 is 0 Å². The Labute approximate surface area is 185 Å². The summed E-state index contributed by atoms with van der Waals surface area (Å²) in [6, 6.07) is 12.0. The van der Waals surface area contributed by atoms with E-state index in [2.05, 4.69) is 38.1 Å². The van der Waals surface area contributed by atoms with E-state index in [9.17, 15) is 4.79 Å². The molecule has 2 rings (SSSR count). The van der Waals surface area contributed by atoms with Crippen molar-refractivity contribution in [3.63, 3.8) is 0 Å². The van der Waals surface area contributed by atoms with Crippen LogP contribution in [0.5, 0.6) is 0 Å². The lowest BCUT2D eigenvalue weighted by Gasteiger charge is -2.22. The highest BCUT2D eigenvalue weighted by Gasteiger charge is 2.11. The van der Waals surface area contributed by atoms with Gasteiger partial charge in [0.25, 0.3) is 5.91 Å². The molecular formula is C21H32IN5O. The maximum absolute atomic E-state index is 12.3. The molecule has 1 amide bonds. The molecule has 154 valence electrons. The lowest BCUT2D eigenvalue weighted by atomic mass is 10.1. The van der Waals surface area contributed by atoms with Crippen LogP contribution in [0.3, 0.4) is 0 Å². The Hall–Kier alpha value is -2.03. The molecule has 2 aromatic rings. The molecule has 0 spiro atoms. The summed E-state index contributed by atoms with van der Waals surface area (Å²) in [5, 5.41) is 6.37. The van der Waals surface area contributed by atoms with Gasteiger partial charge < -0.3 is 20.1 Å². The molecule has 1 atom stereocenters. The number of carbonyl (C=O) groups is 1. The SMILES string of the molecule is CCC(C)NC(=O)c1cccc(CNC(=NC)N(C)Cc2cccn2C)c1.I. The van der Waals surface area contributed by atoms with Crippen LogP contribution in [-0.4, -0.2) is 41.5 Å². The Morgan fingerprint density at radius 1 is 1.29 bits per heavy atom. The van der Waals surface area contributed by atoms with Gasteiger partial charge in [0.1, 0.15) is 0 Å². The summed E-state index contributed by atoms with van der Waals surface area (Å²) in [5.41, 5.74) is 2.94. The topological polar surface area (TPSA) is 61.7 Å².